The first-order valence-electron chi connectivity index (χ1n) is 6.44. The highest BCUT2D eigenvalue weighted by Gasteiger charge is 2.29. The summed E-state index contributed by atoms with van der Waals surface area (Å²) in [6, 6.07) is 0. The Morgan fingerprint density at radius 3 is 2.11 bits per heavy atom. The van der Waals surface area contributed by atoms with E-state index in [1.54, 1.807) is 4.90 Å². The maximum Gasteiger partial charge on any atom is 0.312 e. The molecule has 5 nitrogen and oxygen atoms in total. The molecule has 18 heavy (non-hydrogen) atoms. The lowest BCUT2D eigenvalue weighted by Gasteiger charge is -2.34. The van der Waals surface area contributed by atoms with Crippen molar-refractivity contribution in [3.05, 3.63) is 0 Å². The third-order valence-electron chi connectivity index (χ3n) is 2.63. The van der Waals surface area contributed by atoms with Crippen LogP contribution >= 0.6 is 0 Å². The molecular weight excluding hydrogens is 230 g/mol. The van der Waals surface area contributed by atoms with Gasteiger partial charge in [0.2, 0.25) is 0 Å². The van der Waals surface area contributed by atoms with Crippen LogP contribution in [-0.4, -0.2) is 60.9 Å². The van der Waals surface area contributed by atoms with Gasteiger partial charge in [0.15, 0.2) is 0 Å². The summed E-state index contributed by atoms with van der Waals surface area (Å²) in [4.78, 5) is 27.3. The molecule has 106 valence electrons. The second-order valence-corrected chi connectivity index (χ2v) is 5.63. The molecule has 0 aromatic rings. The summed E-state index contributed by atoms with van der Waals surface area (Å²) in [5.41, 5.74) is -0.327. The van der Waals surface area contributed by atoms with Gasteiger partial charge in [0.25, 0.3) is 0 Å². The van der Waals surface area contributed by atoms with Gasteiger partial charge in [-0.2, -0.15) is 0 Å². The molecule has 0 atom stereocenters. The molecule has 0 aromatic carbocycles. The van der Waals surface area contributed by atoms with Gasteiger partial charge in [-0.3, -0.25) is 9.59 Å². The first-order valence-corrected chi connectivity index (χ1v) is 6.44. The summed E-state index contributed by atoms with van der Waals surface area (Å²) in [6.07, 6.45) is 0.841. The van der Waals surface area contributed by atoms with Crippen molar-refractivity contribution >= 4 is 11.8 Å². The summed E-state index contributed by atoms with van der Waals surface area (Å²) in [6.45, 7) is 9.61. The van der Waals surface area contributed by atoms with Crippen LogP contribution in [0.4, 0.5) is 0 Å². The molecule has 0 aliphatic carbocycles. The van der Waals surface area contributed by atoms with Gasteiger partial charge in [0.05, 0.1) is 0 Å². The zero-order valence-electron chi connectivity index (χ0n) is 12.5. The number of nitrogens with zero attached hydrogens (tertiary/aromatic N) is 2. The molecule has 2 amide bonds. The molecule has 0 saturated carbocycles. The molecule has 0 fully saturated rings. The van der Waals surface area contributed by atoms with Gasteiger partial charge in [-0.05, 0) is 54.8 Å². The first kappa shape index (κ1) is 16.9. The van der Waals surface area contributed by atoms with E-state index in [-0.39, 0.29) is 5.54 Å². The van der Waals surface area contributed by atoms with Crippen molar-refractivity contribution in [2.75, 3.05) is 33.7 Å². The number of amides is 2. The number of carbonyl (C=O) groups is 2. The predicted molar refractivity (Wildman–Crippen MR) is 73.3 cm³/mol. The van der Waals surface area contributed by atoms with Crippen molar-refractivity contribution < 1.29 is 9.59 Å². The van der Waals surface area contributed by atoms with E-state index in [4.69, 9.17) is 0 Å². The van der Waals surface area contributed by atoms with Crippen LogP contribution in [0.25, 0.3) is 0 Å². The molecule has 0 heterocycles. The normalized spacial score (nSPS) is 11.5. The minimum absolute atomic E-state index is 0.327. The molecule has 0 saturated heterocycles. The smallest absolute Gasteiger partial charge is 0.312 e. The molecule has 0 radical (unpaired) electrons. The third kappa shape index (κ3) is 6.00. The van der Waals surface area contributed by atoms with Crippen molar-refractivity contribution in [1.29, 1.82) is 0 Å². The lowest BCUT2D eigenvalue weighted by molar-refractivity contribution is -0.148. The van der Waals surface area contributed by atoms with Crippen molar-refractivity contribution in [2.24, 2.45) is 0 Å². The molecule has 0 spiro atoms. The Labute approximate surface area is 111 Å². The highest BCUT2D eigenvalue weighted by atomic mass is 16.2. The second kappa shape index (κ2) is 7.36. The van der Waals surface area contributed by atoms with Crippen LogP contribution in [0.15, 0.2) is 0 Å². The second-order valence-electron chi connectivity index (χ2n) is 5.63. The zero-order valence-corrected chi connectivity index (χ0v) is 12.5. The summed E-state index contributed by atoms with van der Waals surface area (Å²) < 4.78 is 0. The highest BCUT2D eigenvalue weighted by molar-refractivity contribution is 6.35. The lowest BCUT2D eigenvalue weighted by Crippen LogP contribution is -2.51. The topological polar surface area (TPSA) is 52.7 Å². The van der Waals surface area contributed by atoms with E-state index < -0.39 is 11.8 Å². The zero-order chi connectivity index (χ0) is 14.3. The Kier molecular flexibility index (Phi) is 6.91. The van der Waals surface area contributed by atoms with Crippen molar-refractivity contribution in [2.45, 2.75) is 39.7 Å². The standard InChI is InChI=1S/C13H27N3O2/c1-7-16(13(2,3)4)12(18)11(17)14-9-8-10-15(5)6/h7-10H2,1-6H3,(H,14,17). The van der Waals surface area contributed by atoms with Gasteiger partial charge in [-0.1, -0.05) is 0 Å². The Bertz CT molecular complexity index is 282. The summed E-state index contributed by atoms with van der Waals surface area (Å²) in [5, 5.41) is 2.67. The lowest BCUT2D eigenvalue weighted by atomic mass is 10.1. The number of nitrogens with one attached hydrogen (secondary N) is 1. The molecule has 0 bridgehead atoms. The molecule has 5 heteroatoms. The maximum absolute atomic E-state index is 12.0. The van der Waals surface area contributed by atoms with Crippen LogP contribution in [0.2, 0.25) is 0 Å². The van der Waals surface area contributed by atoms with E-state index in [9.17, 15) is 9.59 Å². The monoisotopic (exact) mass is 257 g/mol. The quantitative estimate of drug-likeness (QED) is 0.583. The molecule has 0 aliphatic heterocycles. The van der Waals surface area contributed by atoms with Gasteiger partial charge in [0.1, 0.15) is 0 Å². The van der Waals surface area contributed by atoms with Crippen LogP contribution in [0.5, 0.6) is 0 Å². The van der Waals surface area contributed by atoms with Gasteiger partial charge < -0.3 is 15.1 Å². The molecular formula is C13H27N3O2. The van der Waals surface area contributed by atoms with Crippen LogP contribution < -0.4 is 5.32 Å². The summed E-state index contributed by atoms with van der Waals surface area (Å²) in [5.74, 6) is -0.958. The van der Waals surface area contributed by atoms with Crippen LogP contribution in [0.3, 0.4) is 0 Å². The Balaban J connectivity index is 4.21. The summed E-state index contributed by atoms with van der Waals surface area (Å²) >= 11 is 0. The Morgan fingerprint density at radius 2 is 1.72 bits per heavy atom. The molecule has 0 aliphatic rings. The van der Waals surface area contributed by atoms with E-state index in [0.29, 0.717) is 13.1 Å². The average molecular weight is 257 g/mol. The Hall–Kier alpha value is -1.10. The van der Waals surface area contributed by atoms with E-state index in [0.717, 1.165) is 13.0 Å². The van der Waals surface area contributed by atoms with Crippen molar-refractivity contribution in [3.8, 4) is 0 Å². The van der Waals surface area contributed by atoms with Crippen molar-refractivity contribution in [1.82, 2.24) is 15.1 Å². The molecule has 0 unspecified atom stereocenters. The number of hydrogen-bond acceptors (Lipinski definition) is 3. The minimum Gasteiger partial charge on any atom is -0.348 e. The van der Waals surface area contributed by atoms with Gasteiger partial charge in [0, 0.05) is 18.6 Å². The van der Waals surface area contributed by atoms with E-state index in [2.05, 4.69) is 5.32 Å². The minimum atomic E-state index is -0.509. The number of rotatable bonds is 5. The van der Waals surface area contributed by atoms with Gasteiger partial charge in [-0.15, -0.1) is 0 Å². The fraction of sp³-hybridized carbons (Fsp3) is 0.846. The first-order chi connectivity index (χ1) is 8.20. The van der Waals surface area contributed by atoms with E-state index >= 15 is 0 Å². The largest absolute Gasteiger partial charge is 0.348 e. The molecule has 0 aromatic heterocycles. The number of likely N-dealkylation sites (N-methyl/N-ethyl adjacent to an activating group) is 1. The fourth-order valence-corrected chi connectivity index (χ4v) is 1.72. The Morgan fingerprint density at radius 1 is 1.17 bits per heavy atom. The van der Waals surface area contributed by atoms with Gasteiger partial charge in [-0.25, -0.2) is 0 Å². The predicted octanol–water partition coefficient (Wildman–Crippen LogP) is 0.701. The van der Waals surface area contributed by atoms with Crippen LogP contribution in [0.1, 0.15) is 34.1 Å². The maximum atomic E-state index is 12.0. The highest BCUT2D eigenvalue weighted by Crippen LogP contribution is 2.12. The average Bonchev–Trinajstić information content (AvgIpc) is 2.22. The number of hydrogen-bond donors (Lipinski definition) is 1. The van der Waals surface area contributed by atoms with Crippen LogP contribution in [-0.2, 0) is 9.59 Å². The molecule has 1 N–H and O–H groups in total. The fourth-order valence-electron chi connectivity index (χ4n) is 1.72. The van der Waals surface area contributed by atoms with Crippen LogP contribution in [0, 0.1) is 0 Å². The third-order valence-corrected chi connectivity index (χ3v) is 2.63. The van der Waals surface area contributed by atoms with E-state index in [1.807, 2.05) is 46.7 Å². The SMILES string of the molecule is CCN(C(=O)C(=O)NCCCN(C)C)C(C)(C)C. The number of carbonyl (C=O) groups excluding carboxylic acids is 2. The summed E-state index contributed by atoms with van der Waals surface area (Å²) in [7, 11) is 3.96. The molecule has 0 rings (SSSR count). The van der Waals surface area contributed by atoms with Crippen molar-refractivity contribution in [3.63, 3.8) is 0 Å². The van der Waals surface area contributed by atoms with Gasteiger partial charge >= 0.3 is 11.8 Å². The van der Waals surface area contributed by atoms with E-state index in [1.165, 1.54) is 0 Å².